The number of aromatic nitrogens is 1. The van der Waals surface area contributed by atoms with Crippen LogP contribution in [0.2, 0.25) is 0 Å². The first-order valence-corrected chi connectivity index (χ1v) is 11.5. The van der Waals surface area contributed by atoms with Crippen LogP contribution in [0.3, 0.4) is 0 Å². The highest BCUT2D eigenvalue weighted by Crippen LogP contribution is 2.25. The number of benzene rings is 2. The molecule has 1 aromatic heterocycles. The van der Waals surface area contributed by atoms with Crippen LogP contribution in [0.15, 0.2) is 45.6 Å². The topological polar surface area (TPSA) is 67.9 Å². The molecule has 7 nitrogen and oxygen atoms in total. The molecule has 0 aliphatic carbocycles. The number of carbonyl (C=O) groups is 1. The minimum absolute atomic E-state index is 0.0212. The molecule has 1 saturated heterocycles. The molecule has 4 rings (SSSR count). The van der Waals surface area contributed by atoms with Gasteiger partial charge in [0.25, 0.3) is 0 Å². The van der Waals surface area contributed by atoms with Gasteiger partial charge in [-0.15, -0.1) is 0 Å². The maximum atomic E-state index is 13.8. The van der Waals surface area contributed by atoms with Crippen molar-refractivity contribution in [2.75, 3.05) is 46.4 Å². The number of rotatable bonds is 8. The number of halogens is 2. The zero-order valence-corrected chi connectivity index (χ0v) is 19.4. The summed E-state index contributed by atoms with van der Waals surface area (Å²) in [5.74, 6) is -3.16. The Morgan fingerprint density at radius 1 is 1.12 bits per heavy atom. The summed E-state index contributed by atoms with van der Waals surface area (Å²) >= 11 is 0. The molecule has 1 aliphatic heterocycles. The first-order valence-electron chi connectivity index (χ1n) is 11.5. The molecule has 3 aromatic rings. The van der Waals surface area contributed by atoms with Gasteiger partial charge in [-0.05, 0) is 31.5 Å². The van der Waals surface area contributed by atoms with Crippen LogP contribution in [0.4, 0.5) is 8.78 Å². The number of oxazole rings is 1. The van der Waals surface area contributed by atoms with Gasteiger partial charge in [0.1, 0.15) is 0 Å². The predicted molar refractivity (Wildman–Crippen MR) is 124 cm³/mol. The van der Waals surface area contributed by atoms with Gasteiger partial charge in [-0.3, -0.25) is 9.36 Å². The number of ether oxygens (including phenoxy) is 1. The maximum absolute atomic E-state index is 13.8. The molecule has 1 atom stereocenters. The Balaban J connectivity index is 1.36. The molecule has 0 N–H and O–H groups in total. The number of fused-ring (bicyclic) bond motifs is 1. The van der Waals surface area contributed by atoms with Crippen molar-refractivity contribution in [2.24, 2.45) is 0 Å². The SMILES string of the molecule is CC(c1cccc(CC(=O)OCCCN2CCN(C)CC2)c1)n1c(=O)oc2cc(F)c(F)cc21. The lowest BCUT2D eigenvalue weighted by molar-refractivity contribution is -0.143. The number of nitrogens with zero attached hydrogens (tertiary/aromatic N) is 3. The van der Waals surface area contributed by atoms with Crippen LogP contribution >= 0.6 is 0 Å². The van der Waals surface area contributed by atoms with Crippen LogP contribution < -0.4 is 5.76 Å². The zero-order chi connectivity index (χ0) is 24.2. The molecule has 182 valence electrons. The Hall–Kier alpha value is -3.04. The first-order chi connectivity index (χ1) is 16.3. The largest absolute Gasteiger partial charge is 0.465 e. The van der Waals surface area contributed by atoms with Crippen molar-refractivity contribution in [3.63, 3.8) is 0 Å². The van der Waals surface area contributed by atoms with Crippen molar-refractivity contribution in [3.05, 3.63) is 69.7 Å². The minimum atomic E-state index is -1.08. The standard InChI is InChI=1S/C25H29F2N3O4/c1-17(30-22-15-20(26)21(27)16-23(22)34-25(30)32)19-6-3-5-18(13-19)14-24(31)33-12-4-7-29-10-8-28(2)9-11-29/h3,5-6,13,15-17H,4,7-12,14H2,1-2H3. The molecule has 9 heteroatoms. The Labute approximate surface area is 196 Å². The highest BCUT2D eigenvalue weighted by molar-refractivity contribution is 5.74. The van der Waals surface area contributed by atoms with E-state index in [0.717, 1.165) is 62.4 Å². The number of esters is 1. The van der Waals surface area contributed by atoms with E-state index in [1.54, 1.807) is 25.1 Å². The molecule has 1 unspecified atom stereocenters. The van der Waals surface area contributed by atoms with Crippen molar-refractivity contribution >= 4 is 17.1 Å². The molecular weight excluding hydrogens is 444 g/mol. The van der Waals surface area contributed by atoms with E-state index < -0.39 is 23.4 Å². The van der Waals surface area contributed by atoms with Crippen LogP contribution in [0.1, 0.15) is 30.5 Å². The van der Waals surface area contributed by atoms with E-state index in [1.165, 1.54) is 4.57 Å². The second-order valence-corrected chi connectivity index (χ2v) is 8.79. The van der Waals surface area contributed by atoms with Crippen molar-refractivity contribution < 1.29 is 22.7 Å². The lowest BCUT2D eigenvalue weighted by Crippen LogP contribution is -2.44. The molecule has 0 spiro atoms. The van der Waals surface area contributed by atoms with Crippen LogP contribution in [-0.2, 0) is 16.0 Å². The van der Waals surface area contributed by atoms with Gasteiger partial charge >= 0.3 is 11.7 Å². The molecule has 1 fully saturated rings. The maximum Gasteiger partial charge on any atom is 0.420 e. The zero-order valence-electron chi connectivity index (χ0n) is 19.4. The van der Waals surface area contributed by atoms with Crippen LogP contribution in [-0.4, -0.2) is 66.7 Å². The first kappa shape index (κ1) is 24.1. The van der Waals surface area contributed by atoms with E-state index in [-0.39, 0.29) is 23.5 Å². The monoisotopic (exact) mass is 473 g/mol. The van der Waals surface area contributed by atoms with Crippen LogP contribution in [0, 0.1) is 11.6 Å². The number of hydrogen-bond acceptors (Lipinski definition) is 6. The van der Waals surface area contributed by atoms with Gasteiger partial charge in [0.15, 0.2) is 17.2 Å². The average molecular weight is 474 g/mol. The van der Waals surface area contributed by atoms with Crippen LogP contribution in [0.25, 0.3) is 11.1 Å². The Bertz CT molecular complexity index is 1210. The van der Waals surface area contributed by atoms with Gasteiger partial charge < -0.3 is 19.0 Å². The highest BCUT2D eigenvalue weighted by atomic mass is 19.2. The van der Waals surface area contributed by atoms with Gasteiger partial charge in [0.2, 0.25) is 0 Å². The smallest absolute Gasteiger partial charge is 0.420 e. The van der Waals surface area contributed by atoms with E-state index in [0.29, 0.717) is 6.61 Å². The average Bonchev–Trinajstić information content (AvgIpc) is 3.12. The van der Waals surface area contributed by atoms with Crippen molar-refractivity contribution in [3.8, 4) is 0 Å². The second kappa shape index (κ2) is 10.5. The van der Waals surface area contributed by atoms with E-state index in [9.17, 15) is 18.4 Å². The summed E-state index contributed by atoms with van der Waals surface area (Å²) in [7, 11) is 2.12. The van der Waals surface area contributed by atoms with E-state index in [4.69, 9.17) is 9.15 Å². The highest BCUT2D eigenvalue weighted by Gasteiger charge is 2.20. The molecule has 34 heavy (non-hydrogen) atoms. The van der Waals surface area contributed by atoms with Gasteiger partial charge in [-0.25, -0.2) is 13.6 Å². The van der Waals surface area contributed by atoms with Crippen molar-refractivity contribution in [1.82, 2.24) is 14.4 Å². The number of piperazine rings is 1. The number of hydrogen-bond donors (Lipinski definition) is 0. The summed E-state index contributed by atoms with van der Waals surface area (Å²) in [4.78, 5) is 29.4. The molecule has 0 saturated carbocycles. The Morgan fingerprint density at radius 2 is 1.85 bits per heavy atom. The lowest BCUT2D eigenvalue weighted by atomic mass is 10.0. The fourth-order valence-corrected chi connectivity index (χ4v) is 4.27. The number of carbonyl (C=O) groups excluding carboxylic acids is 1. The van der Waals surface area contributed by atoms with Gasteiger partial charge in [0.05, 0.1) is 24.6 Å². The third-order valence-electron chi connectivity index (χ3n) is 6.30. The predicted octanol–water partition coefficient (Wildman–Crippen LogP) is 3.21. The Morgan fingerprint density at radius 3 is 2.62 bits per heavy atom. The fraction of sp³-hybridized carbons (Fsp3) is 0.440. The summed E-state index contributed by atoms with van der Waals surface area (Å²) < 4.78 is 39.1. The Kier molecular flexibility index (Phi) is 7.43. The fourth-order valence-electron chi connectivity index (χ4n) is 4.27. The normalized spacial score (nSPS) is 16.1. The molecule has 0 bridgehead atoms. The van der Waals surface area contributed by atoms with Crippen LogP contribution in [0.5, 0.6) is 0 Å². The van der Waals surface area contributed by atoms with E-state index >= 15 is 0 Å². The third-order valence-corrected chi connectivity index (χ3v) is 6.30. The third kappa shape index (κ3) is 5.53. The minimum Gasteiger partial charge on any atom is -0.465 e. The summed E-state index contributed by atoms with van der Waals surface area (Å²) in [6.07, 6.45) is 0.899. The van der Waals surface area contributed by atoms with Crippen molar-refractivity contribution in [1.29, 1.82) is 0 Å². The summed E-state index contributed by atoms with van der Waals surface area (Å²) in [5, 5.41) is 0. The molecular formula is C25H29F2N3O4. The van der Waals surface area contributed by atoms with E-state index in [1.807, 2.05) is 6.07 Å². The quantitative estimate of drug-likeness (QED) is 0.370. The molecule has 0 amide bonds. The van der Waals surface area contributed by atoms with Gasteiger partial charge in [-0.2, -0.15) is 0 Å². The molecule has 0 radical (unpaired) electrons. The van der Waals surface area contributed by atoms with E-state index in [2.05, 4.69) is 16.8 Å². The summed E-state index contributed by atoms with van der Waals surface area (Å²) in [5.41, 5.74) is 1.62. The van der Waals surface area contributed by atoms with Gasteiger partial charge in [0, 0.05) is 44.9 Å². The summed E-state index contributed by atoms with van der Waals surface area (Å²) in [6.45, 7) is 7.22. The molecule has 2 heterocycles. The number of likely N-dealkylation sites (N-methyl/N-ethyl adjacent to an activating group) is 1. The molecule has 1 aliphatic rings. The summed E-state index contributed by atoms with van der Waals surface area (Å²) in [6, 6.07) is 8.52. The molecule has 2 aromatic carbocycles. The van der Waals surface area contributed by atoms with Crippen molar-refractivity contribution in [2.45, 2.75) is 25.8 Å². The second-order valence-electron chi connectivity index (χ2n) is 8.79. The lowest BCUT2D eigenvalue weighted by Gasteiger charge is -2.32. The van der Waals surface area contributed by atoms with Gasteiger partial charge in [-0.1, -0.05) is 24.3 Å².